The van der Waals surface area contributed by atoms with E-state index in [0.717, 1.165) is 4.90 Å². The Bertz CT molecular complexity index is 521. The molecule has 0 heterocycles. The molecule has 1 rings (SSSR count). The maximum absolute atomic E-state index is 12.9. The molecule has 1 amide bonds. The minimum atomic E-state index is -1.12. The summed E-state index contributed by atoms with van der Waals surface area (Å²) in [6, 6.07) is 3.78. The smallest absolute Gasteiger partial charge is 0.323 e. The summed E-state index contributed by atoms with van der Waals surface area (Å²) in [7, 11) is 0. The molecule has 20 heavy (non-hydrogen) atoms. The van der Waals surface area contributed by atoms with Crippen LogP contribution in [0.15, 0.2) is 35.3 Å². The molecule has 0 radical (unpaired) electrons. The average molecular weight is 346 g/mol. The molecule has 0 aromatic heterocycles. The predicted octanol–water partition coefficient (Wildman–Crippen LogP) is 2.07. The minimum absolute atomic E-state index is 0.110. The van der Waals surface area contributed by atoms with Gasteiger partial charge in [0.1, 0.15) is 18.1 Å². The summed E-state index contributed by atoms with van der Waals surface area (Å²) < 4.78 is 18.5. The van der Waals surface area contributed by atoms with E-state index in [1.165, 1.54) is 24.3 Å². The zero-order valence-corrected chi connectivity index (χ0v) is 12.1. The highest BCUT2D eigenvalue weighted by atomic mass is 79.9. The highest BCUT2D eigenvalue weighted by molar-refractivity contribution is 9.10. The van der Waals surface area contributed by atoms with Crippen molar-refractivity contribution in [1.82, 2.24) is 4.90 Å². The van der Waals surface area contributed by atoms with E-state index >= 15 is 0 Å². The summed E-state index contributed by atoms with van der Waals surface area (Å²) in [5.41, 5.74) is 0. The lowest BCUT2D eigenvalue weighted by molar-refractivity contribution is -0.144. The Labute approximate surface area is 123 Å². The molecule has 1 aromatic rings. The van der Waals surface area contributed by atoms with Crippen molar-refractivity contribution < 1.29 is 23.8 Å². The monoisotopic (exact) mass is 345 g/mol. The van der Waals surface area contributed by atoms with E-state index in [0.29, 0.717) is 10.2 Å². The fraction of sp³-hybridized carbons (Fsp3) is 0.231. The van der Waals surface area contributed by atoms with Gasteiger partial charge in [0.05, 0.1) is 4.47 Å². The molecular weight excluding hydrogens is 333 g/mol. The first-order valence-corrected chi connectivity index (χ1v) is 6.41. The molecule has 1 N–H and O–H groups in total. The molecule has 5 nitrogen and oxygen atoms in total. The van der Waals surface area contributed by atoms with Gasteiger partial charge in [0, 0.05) is 6.54 Å². The summed E-state index contributed by atoms with van der Waals surface area (Å²) >= 11 is 3.11. The zero-order chi connectivity index (χ0) is 15.1. The number of ether oxygens (including phenoxy) is 1. The number of nitrogens with zero attached hydrogens (tertiary/aromatic N) is 1. The van der Waals surface area contributed by atoms with Crippen molar-refractivity contribution in [2.24, 2.45) is 0 Å². The van der Waals surface area contributed by atoms with Crippen LogP contribution in [0.25, 0.3) is 0 Å². The number of hydrogen-bond acceptors (Lipinski definition) is 3. The number of rotatable bonds is 7. The van der Waals surface area contributed by atoms with Gasteiger partial charge >= 0.3 is 5.97 Å². The summed E-state index contributed by atoms with van der Waals surface area (Å²) in [4.78, 5) is 23.5. The van der Waals surface area contributed by atoms with Crippen LogP contribution in [-0.4, -0.2) is 41.6 Å². The number of carbonyl (C=O) groups is 2. The van der Waals surface area contributed by atoms with Gasteiger partial charge in [-0.15, -0.1) is 6.58 Å². The van der Waals surface area contributed by atoms with Crippen molar-refractivity contribution in [1.29, 1.82) is 0 Å². The third-order valence-corrected chi connectivity index (χ3v) is 2.89. The highest BCUT2D eigenvalue weighted by Gasteiger charge is 2.16. The first-order chi connectivity index (χ1) is 9.43. The van der Waals surface area contributed by atoms with Crippen molar-refractivity contribution in [3.63, 3.8) is 0 Å². The molecule has 0 saturated heterocycles. The van der Waals surface area contributed by atoms with Crippen LogP contribution in [0.1, 0.15) is 0 Å². The van der Waals surface area contributed by atoms with E-state index in [1.807, 2.05) is 0 Å². The number of carbonyl (C=O) groups excluding carboxylic acids is 1. The number of halogens is 2. The zero-order valence-electron chi connectivity index (χ0n) is 10.5. The normalized spacial score (nSPS) is 9.90. The summed E-state index contributed by atoms with van der Waals surface area (Å²) in [5, 5.41) is 8.70. The molecule has 7 heteroatoms. The lowest BCUT2D eigenvalue weighted by atomic mass is 10.3. The lowest BCUT2D eigenvalue weighted by Gasteiger charge is -2.19. The average Bonchev–Trinajstić information content (AvgIpc) is 2.36. The SMILES string of the molecule is C=CCN(CC(=O)O)C(=O)COc1ccc(F)cc1Br. The lowest BCUT2D eigenvalue weighted by Crippen LogP contribution is -2.38. The number of hydrogen-bond donors (Lipinski definition) is 1. The second kappa shape index (κ2) is 7.64. The van der Waals surface area contributed by atoms with Gasteiger partial charge in [-0.3, -0.25) is 9.59 Å². The van der Waals surface area contributed by atoms with E-state index in [2.05, 4.69) is 22.5 Å². The van der Waals surface area contributed by atoms with Gasteiger partial charge < -0.3 is 14.7 Å². The molecular formula is C13H13BrFNO4. The molecule has 0 saturated carbocycles. The Balaban J connectivity index is 2.64. The first kappa shape index (κ1) is 16.2. The van der Waals surface area contributed by atoms with Crippen LogP contribution in [0.5, 0.6) is 5.75 Å². The number of amides is 1. The predicted molar refractivity (Wildman–Crippen MR) is 74.0 cm³/mol. The topological polar surface area (TPSA) is 66.8 Å². The van der Waals surface area contributed by atoms with E-state index in [-0.39, 0.29) is 13.2 Å². The van der Waals surface area contributed by atoms with Crippen LogP contribution >= 0.6 is 15.9 Å². The summed E-state index contributed by atoms with van der Waals surface area (Å²) in [5.74, 6) is -1.75. The summed E-state index contributed by atoms with van der Waals surface area (Å²) in [6.45, 7) is 2.79. The van der Waals surface area contributed by atoms with Crippen molar-refractivity contribution in [2.75, 3.05) is 19.7 Å². The van der Waals surface area contributed by atoms with Crippen molar-refractivity contribution >= 4 is 27.8 Å². The quantitative estimate of drug-likeness (QED) is 0.768. The van der Waals surface area contributed by atoms with Crippen LogP contribution in [0.2, 0.25) is 0 Å². The first-order valence-electron chi connectivity index (χ1n) is 5.62. The highest BCUT2D eigenvalue weighted by Crippen LogP contribution is 2.25. The molecule has 0 aliphatic heterocycles. The molecule has 0 unspecified atom stereocenters. The van der Waals surface area contributed by atoms with E-state index in [1.54, 1.807) is 0 Å². The number of aliphatic carboxylic acids is 1. The maximum Gasteiger partial charge on any atom is 0.323 e. The fourth-order valence-electron chi connectivity index (χ4n) is 1.40. The summed E-state index contributed by atoms with van der Waals surface area (Å²) in [6.07, 6.45) is 1.43. The van der Waals surface area contributed by atoms with Gasteiger partial charge in [-0.1, -0.05) is 6.08 Å². The molecule has 0 bridgehead atoms. The molecule has 0 aliphatic rings. The second-order valence-electron chi connectivity index (χ2n) is 3.82. The Kier molecular flexibility index (Phi) is 6.17. The number of benzene rings is 1. The Hall–Kier alpha value is -1.89. The molecule has 108 valence electrons. The Morgan fingerprint density at radius 2 is 2.20 bits per heavy atom. The van der Waals surface area contributed by atoms with E-state index in [4.69, 9.17) is 9.84 Å². The number of carboxylic acid groups (broad SMARTS) is 1. The number of carboxylic acids is 1. The van der Waals surface area contributed by atoms with E-state index < -0.39 is 24.2 Å². The van der Waals surface area contributed by atoms with Crippen LogP contribution in [0.3, 0.4) is 0 Å². The third-order valence-electron chi connectivity index (χ3n) is 2.27. The van der Waals surface area contributed by atoms with Gasteiger partial charge in [-0.25, -0.2) is 4.39 Å². The maximum atomic E-state index is 12.9. The largest absolute Gasteiger partial charge is 0.483 e. The van der Waals surface area contributed by atoms with Crippen molar-refractivity contribution in [2.45, 2.75) is 0 Å². The van der Waals surface area contributed by atoms with Crippen molar-refractivity contribution in [3.8, 4) is 5.75 Å². The fourth-order valence-corrected chi connectivity index (χ4v) is 1.86. The third kappa shape index (κ3) is 5.00. The van der Waals surface area contributed by atoms with Gasteiger partial charge in [-0.2, -0.15) is 0 Å². The van der Waals surface area contributed by atoms with Gasteiger partial charge in [0.25, 0.3) is 5.91 Å². The Morgan fingerprint density at radius 1 is 1.50 bits per heavy atom. The standard InChI is InChI=1S/C13H13BrFNO4/c1-2-5-16(7-13(18)19)12(17)8-20-11-4-3-9(15)6-10(11)14/h2-4,6H,1,5,7-8H2,(H,18,19). The molecule has 0 fully saturated rings. The molecule has 0 spiro atoms. The van der Waals surface area contributed by atoms with E-state index in [9.17, 15) is 14.0 Å². The van der Waals surface area contributed by atoms with Crippen molar-refractivity contribution in [3.05, 3.63) is 41.1 Å². The van der Waals surface area contributed by atoms with Crippen LogP contribution < -0.4 is 4.74 Å². The van der Waals surface area contributed by atoms with Crippen LogP contribution in [0, 0.1) is 5.82 Å². The Morgan fingerprint density at radius 3 is 2.75 bits per heavy atom. The molecule has 0 aliphatic carbocycles. The van der Waals surface area contributed by atoms with Gasteiger partial charge in [0.2, 0.25) is 0 Å². The molecule has 0 atom stereocenters. The van der Waals surface area contributed by atoms with Gasteiger partial charge in [0.15, 0.2) is 6.61 Å². The minimum Gasteiger partial charge on any atom is -0.483 e. The second-order valence-corrected chi connectivity index (χ2v) is 4.67. The molecule has 1 aromatic carbocycles. The van der Waals surface area contributed by atoms with Gasteiger partial charge in [-0.05, 0) is 34.1 Å². The van der Waals surface area contributed by atoms with Crippen LogP contribution in [0.4, 0.5) is 4.39 Å². The van der Waals surface area contributed by atoms with Crippen LogP contribution in [-0.2, 0) is 9.59 Å².